The van der Waals surface area contributed by atoms with Gasteiger partial charge in [0.05, 0.1) is 5.92 Å². The molecule has 0 radical (unpaired) electrons. The van der Waals surface area contributed by atoms with Crippen molar-refractivity contribution < 1.29 is 14.7 Å². The lowest BCUT2D eigenvalue weighted by Gasteiger charge is -2.31. The van der Waals surface area contributed by atoms with Crippen LogP contribution in [-0.4, -0.2) is 29.6 Å². The van der Waals surface area contributed by atoms with Gasteiger partial charge in [-0.2, -0.15) is 0 Å². The van der Waals surface area contributed by atoms with Gasteiger partial charge in [0.1, 0.15) is 0 Å². The van der Waals surface area contributed by atoms with E-state index in [0.717, 1.165) is 38.5 Å². The molecule has 4 atom stereocenters. The number of carbonyl (C=O) groups excluding carboxylic acids is 1. The molecule has 0 aromatic carbocycles. The first-order chi connectivity index (χ1) is 9.13. The molecule has 19 heavy (non-hydrogen) atoms. The number of amides is 1. The first kappa shape index (κ1) is 14.3. The third kappa shape index (κ3) is 3.26. The number of nitrogens with two attached hydrogens (primary N) is 1. The van der Waals surface area contributed by atoms with Gasteiger partial charge >= 0.3 is 5.97 Å². The molecule has 0 aromatic rings. The van der Waals surface area contributed by atoms with Crippen LogP contribution in [0.1, 0.15) is 44.9 Å². The molecule has 1 amide bonds. The molecule has 2 aliphatic carbocycles. The van der Waals surface area contributed by atoms with E-state index in [1.54, 1.807) is 0 Å². The maximum atomic E-state index is 12.3. The fraction of sp³-hybridized carbons (Fsp3) is 0.857. The molecule has 4 unspecified atom stereocenters. The molecule has 0 heterocycles. The lowest BCUT2D eigenvalue weighted by atomic mass is 9.78. The summed E-state index contributed by atoms with van der Waals surface area (Å²) >= 11 is 0. The van der Waals surface area contributed by atoms with E-state index in [9.17, 15) is 9.59 Å². The molecule has 0 spiro atoms. The Morgan fingerprint density at radius 1 is 1.05 bits per heavy atom. The Labute approximate surface area is 113 Å². The summed E-state index contributed by atoms with van der Waals surface area (Å²) in [7, 11) is 0. The van der Waals surface area contributed by atoms with Crippen LogP contribution in [-0.2, 0) is 9.59 Å². The van der Waals surface area contributed by atoms with Gasteiger partial charge in [-0.1, -0.05) is 19.3 Å². The maximum Gasteiger partial charge on any atom is 0.308 e. The van der Waals surface area contributed by atoms with Crippen molar-refractivity contribution in [2.45, 2.75) is 51.0 Å². The van der Waals surface area contributed by atoms with Crippen molar-refractivity contribution >= 4 is 11.9 Å². The molecular formula is C14H24N2O3. The number of hydrogen-bond donors (Lipinski definition) is 3. The van der Waals surface area contributed by atoms with Gasteiger partial charge in [-0.05, 0) is 38.1 Å². The molecule has 5 heteroatoms. The quantitative estimate of drug-likeness (QED) is 0.712. The minimum Gasteiger partial charge on any atom is -0.481 e. The summed E-state index contributed by atoms with van der Waals surface area (Å²) in [4.78, 5) is 23.5. The molecule has 0 saturated heterocycles. The van der Waals surface area contributed by atoms with Gasteiger partial charge < -0.3 is 16.2 Å². The number of carbonyl (C=O) groups is 2. The second kappa shape index (κ2) is 6.37. The van der Waals surface area contributed by atoms with Gasteiger partial charge in [-0.15, -0.1) is 0 Å². The predicted octanol–water partition coefficient (Wildman–Crippen LogP) is 1.12. The van der Waals surface area contributed by atoms with Gasteiger partial charge in [0.2, 0.25) is 5.91 Å². The van der Waals surface area contributed by atoms with Crippen molar-refractivity contribution in [1.82, 2.24) is 5.32 Å². The third-order valence-corrected chi connectivity index (χ3v) is 4.71. The first-order valence-corrected chi connectivity index (χ1v) is 7.36. The fourth-order valence-corrected chi connectivity index (χ4v) is 3.55. The van der Waals surface area contributed by atoms with E-state index in [4.69, 9.17) is 10.8 Å². The van der Waals surface area contributed by atoms with E-state index in [-0.39, 0.29) is 23.8 Å². The van der Waals surface area contributed by atoms with Crippen LogP contribution in [0.2, 0.25) is 0 Å². The topological polar surface area (TPSA) is 92.4 Å². The Morgan fingerprint density at radius 2 is 1.74 bits per heavy atom. The zero-order chi connectivity index (χ0) is 13.8. The Hall–Kier alpha value is -1.10. The number of hydrogen-bond acceptors (Lipinski definition) is 3. The van der Waals surface area contributed by atoms with Crippen LogP contribution >= 0.6 is 0 Å². The van der Waals surface area contributed by atoms with Crippen molar-refractivity contribution in [2.75, 3.05) is 6.54 Å². The summed E-state index contributed by atoms with van der Waals surface area (Å²) in [5.41, 5.74) is 5.74. The average molecular weight is 268 g/mol. The zero-order valence-corrected chi connectivity index (χ0v) is 11.3. The highest BCUT2D eigenvalue weighted by Gasteiger charge is 2.37. The molecule has 0 aromatic heterocycles. The standard InChI is InChI=1S/C14H24N2O3/c15-8-9-4-1-2-5-10(9)13(17)16-12-7-3-6-11(12)14(18)19/h9-12H,1-8,15H2,(H,16,17)(H,18,19). The summed E-state index contributed by atoms with van der Waals surface area (Å²) in [5.74, 6) is -0.939. The Morgan fingerprint density at radius 3 is 2.42 bits per heavy atom. The molecule has 2 rings (SSSR count). The highest BCUT2D eigenvalue weighted by atomic mass is 16.4. The van der Waals surface area contributed by atoms with E-state index >= 15 is 0 Å². The number of carboxylic acid groups (broad SMARTS) is 1. The SMILES string of the molecule is NCC1CCCCC1C(=O)NC1CCCC1C(=O)O. The van der Waals surface area contributed by atoms with E-state index in [2.05, 4.69) is 5.32 Å². The molecular weight excluding hydrogens is 244 g/mol. The lowest BCUT2D eigenvalue weighted by molar-refractivity contribution is -0.142. The summed E-state index contributed by atoms with van der Waals surface area (Å²) < 4.78 is 0. The van der Waals surface area contributed by atoms with Crippen LogP contribution < -0.4 is 11.1 Å². The van der Waals surface area contributed by atoms with Gasteiger partial charge in [0.15, 0.2) is 0 Å². The zero-order valence-electron chi connectivity index (χ0n) is 11.3. The van der Waals surface area contributed by atoms with Gasteiger partial charge in [0.25, 0.3) is 0 Å². The summed E-state index contributed by atoms with van der Waals surface area (Å²) in [6.07, 6.45) is 6.45. The van der Waals surface area contributed by atoms with Crippen molar-refractivity contribution in [3.8, 4) is 0 Å². The normalized spacial score (nSPS) is 35.0. The molecule has 2 aliphatic rings. The van der Waals surface area contributed by atoms with Crippen molar-refractivity contribution in [3.05, 3.63) is 0 Å². The van der Waals surface area contributed by atoms with Crippen molar-refractivity contribution in [3.63, 3.8) is 0 Å². The van der Waals surface area contributed by atoms with E-state index < -0.39 is 11.9 Å². The second-order valence-electron chi connectivity index (χ2n) is 5.88. The molecule has 2 saturated carbocycles. The van der Waals surface area contributed by atoms with E-state index in [1.807, 2.05) is 0 Å². The minimum absolute atomic E-state index is 0.0196. The van der Waals surface area contributed by atoms with Crippen LogP contribution in [0.5, 0.6) is 0 Å². The molecule has 2 fully saturated rings. The smallest absolute Gasteiger partial charge is 0.308 e. The largest absolute Gasteiger partial charge is 0.481 e. The Kier molecular flexibility index (Phi) is 4.80. The Bertz CT molecular complexity index is 346. The number of rotatable bonds is 4. The molecule has 108 valence electrons. The van der Waals surface area contributed by atoms with Gasteiger partial charge in [-0.25, -0.2) is 0 Å². The highest BCUT2D eigenvalue weighted by Crippen LogP contribution is 2.31. The van der Waals surface area contributed by atoms with Crippen LogP contribution in [0.25, 0.3) is 0 Å². The van der Waals surface area contributed by atoms with Crippen LogP contribution in [0, 0.1) is 17.8 Å². The van der Waals surface area contributed by atoms with Crippen LogP contribution in [0.4, 0.5) is 0 Å². The summed E-state index contributed by atoms with van der Waals surface area (Å²) in [5, 5.41) is 12.1. The van der Waals surface area contributed by atoms with E-state index in [1.165, 1.54) is 0 Å². The van der Waals surface area contributed by atoms with Crippen molar-refractivity contribution in [2.24, 2.45) is 23.5 Å². The predicted molar refractivity (Wildman–Crippen MR) is 71.4 cm³/mol. The van der Waals surface area contributed by atoms with Gasteiger partial charge in [0, 0.05) is 12.0 Å². The molecule has 5 nitrogen and oxygen atoms in total. The second-order valence-corrected chi connectivity index (χ2v) is 5.88. The molecule has 4 N–H and O–H groups in total. The monoisotopic (exact) mass is 268 g/mol. The van der Waals surface area contributed by atoms with E-state index in [0.29, 0.717) is 13.0 Å². The summed E-state index contributed by atoms with van der Waals surface area (Å²) in [6, 6.07) is -0.189. The van der Waals surface area contributed by atoms with Crippen LogP contribution in [0.15, 0.2) is 0 Å². The fourth-order valence-electron chi connectivity index (χ4n) is 3.55. The molecule has 0 bridgehead atoms. The minimum atomic E-state index is -0.790. The average Bonchev–Trinajstić information content (AvgIpc) is 2.87. The van der Waals surface area contributed by atoms with Gasteiger partial charge in [-0.3, -0.25) is 9.59 Å². The summed E-state index contributed by atoms with van der Waals surface area (Å²) in [6.45, 7) is 0.547. The number of nitrogens with one attached hydrogen (secondary N) is 1. The van der Waals surface area contributed by atoms with Crippen molar-refractivity contribution in [1.29, 1.82) is 0 Å². The Balaban J connectivity index is 1.94. The first-order valence-electron chi connectivity index (χ1n) is 7.36. The lowest BCUT2D eigenvalue weighted by Crippen LogP contribution is -2.46. The van der Waals surface area contributed by atoms with Crippen LogP contribution in [0.3, 0.4) is 0 Å². The number of carboxylic acids is 1. The number of aliphatic carboxylic acids is 1. The highest BCUT2D eigenvalue weighted by molar-refractivity contribution is 5.80. The third-order valence-electron chi connectivity index (χ3n) is 4.71. The maximum absolute atomic E-state index is 12.3. The molecule has 0 aliphatic heterocycles.